The number of nitrogens with zero attached hydrogens (tertiary/aromatic N) is 1. The third kappa shape index (κ3) is 4.20. The van der Waals surface area contributed by atoms with Gasteiger partial charge in [0.1, 0.15) is 5.75 Å². The molecule has 1 atom stereocenters. The normalized spacial score (nSPS) is 15.6. The smallest absolute Gasteiger partial charge is 0.294 e. The third-order valence-electron chi connectivity index (χ3n) is 6.22. The van der Waals surface area contributed by atoms with Gasteiger partial charge in [-0.3, -0.25) is 14.5 Å². The van der Waals surface area contributed by atoms with E-state index in [1.807, 2.05) is 19.9 Å². The van der Waals surface area contributed by atoms with Crippen molar-refractivity contribution in [1.82, 2.24) is 0 Å². The Morgan fingerprint density at radius 2 is 1.70 bits per heavy atom. The van der Waals surface area contributed by atoms with Crippen molar-refractivity contribution in [3.63, 3.8) is 0 Å². The first kappa shape index (κ1) is 24.7. The number of aliphatic hydroxyl groups excluding tert-OH is 1. The fourth-order valence-corrected chi connectivity index (χ4v) is 5.09. The number of hydrogen-bond donors (Lipinski definition) is 2. The molecule has 4 aromatic rings. The zero-order valence-electron chi connectivity index (χ0n) is 20.0. The summed E-state index contributed by atoms with van der Waals surface area (Å²) < 4.78 is 11.2. The molecule has 1 aromatic heterocycles. The minimum Gasteiger partial charge on any atom is -0.506 e. The van der Waals surface area contributed by atoms with Gasteiger partial charge in [0.2, 0.25) is 5.78 Å². The highest BCUT2D eigenvalue weighted by Crippen LogP contribution is 2.44. The van der Waals surface area contributed by atoms with E-state index in [2.05, 4.69) is 0 Å². The number of benzene rings is 3. The second-order valence-electron chi connectivity index (χ2n) is 8.86. The SMILES string of the molecule is COc1cc(Cl)cc2cc(C(=O)C3=C(O)C(=O)N(c4cc(C)cc(C)c4)C3c3ccc(O)c(Cl)c3)oc12. The molecule has 0 saturated carbocycles. The minimum atomic E-state index is -1.04. The van der Waals surface area contributed by atoms with Gasteiger partial charge in [0, 0.05) is 22.2 Å². The summed E-state index contributed by atoms with van der Waals surface area (Å²) >= 11 is 12.4. The number of phenolic OH excluding ortho intramolecular Hbond substituents is 1. The lowest BCUT2D eigenvalue weighted by Gasteiger charge is -2.27. The zero-order chi connectivity index (χ0) is 26.6. The number of aromatic hydroxyl groups is 1. The number of halogens is 2. The van der Waals surface area contributed by atoms with Gasteiger partial charge in [-0.1, -0.05) is 35.3 Å². The predicted octanol–water partition coefficient (Wildman–Crippen LogP) is 6.85. The summed E-state index contributed by atoms with van der Waals surface area (Å²) in [4.78, 5) is 28.6. The molecule has 0 aliphatic carbocycles. The topological polar surface area (TPSA) is 100 Å². The molecule has 37 heavy (non-hydrogen) atoms. The van der Waals surface area contributed by atoms with E-state index in [4.69, 9.17) is 32.4 Å². The zero-order valence-corrected chi connectivity index (χ0v) is 21.5. The van der Waals surface area contributed by atoms with Crippen LogP contribution in [0.15, 0.2) is 70.3 Å². The fraction of sp³-hybridized carbons (Fsp3) is 0.143. The highest BCUT2D eigenvalue weighted by Gasteiger charge is 2.45. The first-order valence-corrected chi connectivity index (χ1v) is 12.0. The molecule has 2 heterocycles. The number of fused-ring (bicyclic) bond motifs is 1. The lowest BCUT2D eigenvalue weighted by molar-refractivity contribution is -0.117. The van der Waals surface area contributed by atoms with E-state index >= 15 is 0 Å². The van der Waals surface area contributed by atoms with Gasteiger partial charge >= 0.3 is 0 Å². The van der Waals surface area contributed by atoms with E-state index < -0.39 is 23.5 Å². The van der Waals surface area contributed by atoms with E-state index in [1.54, 1.807) is 30.3 Å². The van der Waals surface area contributed by atoms with Crippen molar-refractivity contribution in [1.29, 1.82) is 0 Å². The van der Waals surface area contributed by atoms with E-state index in [0.29, 0.717) is 33.0 Å². The number of ether oxygens (including phenoxy) is 1. The van der Waals surface area contributed by atoms with Crippen LogP contribution in [0.2, 0.25) is 10.0 Å². The van der Waals surface area contributed by atoms with E-state index in [9.17, 15) is 19.8 Å². The molecule has 0 spiro atoms. The van der Waals surface area contributed by atoms with Crippen LogP contribution in [0.5, 0.6) is 11.5 Å². The number of ketones is 1. The summed E-state index contributed by atoms with van der Waals surface area (Å²) in [5.41, 5.74) is 2.81. The fourth-order valence-electron chi connectivity index (χ4n) is 4.68. The quantitative estimate of drug-likeness (QED) is 0.270. The summed E-state index contributed by atoms with van der Waals surface area (Å²) in [6.45, 7) is 3.77. The number of amides is 1. The van der Waals surface area contributed by atoms with Gasteiger partial charge in [-0.25, -0.2) is 0 Å². The average Bonchev–Trinajstić information content (AvgIpc) is 3.38. The van der Waals surface area contributed by atoms with Crippen LogP contribution < -0.4 is 9.64 Å². The van der Waals surface area contributed by atoms with Crippen molar-refractivity contribution >= 4 is 51.5 Å². The Morgan fingerprint density at radius 3 is 2.35 bits per heavy atom. The Morgan fingerprint density at radius 1 is 1.00 bits per heavy atom. The monoisotopic (exact) mass is 537 g/mol. The second kappa shape index (κ2) is 9.18. The van der Waals surface area contributed by atoms with E-state index in [-0.39, 0.29) is 22.1 Å². The van der Waals surface area contributed by atoms with E-state index in [0.717, 1.165) is 11.1 Å². The van der Waals surface area contributed by atoms with Gasteiger partial charge in [0.25, 0.3) is 5.91 Å². The van der Waals surface area contributed by atoms with E-state index in [1.165, 1.54) is 30.2 Å². The van der Waals surface area contributed by atoms with Crippen LogP contribution in [0, 0.1) is 13.8 Å². The molecule has 9 heteroatoms. The molecule has 1 amide bonds. The number of Topliss-reactive ketones (excluding diaryl/α,β-unsaturated/α-hetero) is 1. The largest absolute Gasteiger partial charge is 0.506 e. The number of rotatable bonds is 5. The molecule has 0 bridgehead atoms. The maximum Gasteiger partial charge on any atom is 0.294 e. The lowest BCUT2D eigenvalue weighted by Crippen LogP contribution is -2.31. The molecular formula is C28H21Cl2NO6. The van der Waals surface area contributed by atoms with Crippen LogP contribution in [-0.2, 0) is 4.79 Å². The molecule has 1 aliphatic rings. The number of carbonyl (C=O) groups is 2. The number of aryl methyl sites for hydroxylation is 2. The molecule has 5 rings (SSSR count). The van der Waals surface area contributed by atoms with Crippen LogP contribution in [0.1, 0.15) is 33.3 Å². The van der Waals surface area contributed by atoms with Gasteiger partial charge in [0.05, 0.1) is 23.7 Å². The molecule has 0 radical (unpaired) electrons. The summed E-state index contributed by atoms with van der Waals surface area (Å²) in [5, 5.41) is 21.9. The van der Waals surface area contributed by atoms with Gasteiger partial charge in [-0.15, -0.1) is 0 Å². The van der Waals surface area contributed by atoms with Crippen LogP contribution in [-0.4, -0.2) is 29.0 Å². The summed E-state index contributed by atoms with van der Waals surface area (Å²) in [7, 11) is 1.45. The number of carbonyl (C=O) groups excluding carboxylic acids is 2. The third-order valence-corrected chi connectivity index (χ3v) is 6.74. The van der Waals surface area contributed by atoms with Gasteiger partial charge in [-0.05, 0) is 66.9 Å². The summed E-state index contributed by atoms with van der Waals surface area (Å²) in [6, 6.07) is 13.5. The lowest BCUT2D eigenvalue weighted by atomic mass is 9.94. The Kier molecular flexibility index (Phi) is 6.14. The summed E-state index contributed by atoms with van der Waals surface area (Å²) in [6.07, 6.45) is 0. The van der Waals surface area contributed by atoms with Gasteiger partial charge < -0.3 is 19.4 Å². The molecular weight excluding hydrogens is 517 g/mol. The first-order chi connectivity index (χ1) is 17.6. The Balaban J connectivity index is 1.70. The first-order valence-electron chi connectivity index (χ1n) is 11.2. The molecule has 1 aliphatic heterocycles. The van der Waals surface area contributed by atoms with Crippen molar-refractivity contribution in [2.45, 2.75) is 19.9 Å². The van der Waals surface area contributed by atoms with Crippen molar-refractivity contribution in [2.75, 3.05) is 12.0 Å². The highest BCUT2D eigenvalue weighted by atomic mass is 35.5. The molecule has 188 valence electrons. The molecule has 7 nitrogen and oxygen atoms in total. The van der Waals surface area contributed by atoms with Crippen LogP contribution >= 0.6 is 23.2 Å². The maximum absolute atomic E-state index is 13.9. The van der Waals surface area contributed by atoms with Crippen LogP contribution in [0.25, 0.3) is 11.0 Å². The molecule has 0 fully saturated rings. The van der Waals surface area contributed by atoms with Crippen molar-refractivity contribution in [3.05, 3.63) is 98.4 Å². The average molecular weight is 538 g/mol. The number of aliphatic hydroxyl groups is 1. The van der Waals surface area contributed by atoms with Crippen molar-refractivity contribution in [3.8, 4) is 11.5 Å². The van der Waals surface area contributed by atoms with Crippen molar-refractivity contribution in [2.24, 2.45) is 0 Å². The van der Waals surface area contributed by atoms with Gasteiger partial charge in [0.15, 0.2) is 22.9 Å². The molecule has 3 aromatic carbocycles. The van der Waals surface area contributed by atoms with Crippen LogP contribution in [0.3, 0.4) is 0 Å². The maximum atomic E-state index is 13.9. The number of hydrogen-bond acceptors (Lipinski definition) is 6. The Labute approximate surface area is 222 Å². The predicted molar refractivity (Wildman–Crippen MR) is 141 cm³/mol. The van der Waals surface area contributed by atoms with Gasteiger partial charge in [-0.2, -0.15) is 0 Å². The van der Waals surface area contributed by atoms with Crippen molar-refractivity contribution < 1.29 is 29.0 Å². The molecule has 2 N–H and O–H groups in total. The number of methoxy groups -OCH3 is 1. The molecule has 0 saturated heterocycles. The Bertz CT molecular complexity index is 1620. The second-order valence-corrected chi connectivity index (χ2v) is 9.71. The number of furan rings is 1. The standard InChI is InChI=1S/C28H21Cl2NO6/c1-13-6-14(2)8-18(7-13)31-24(15-4-5-20(32)19(30)10-15)23(26(34)28(31)35)25(33)21-11-16-9-17(29)12-22(36-3)27(16)37-21/h4-12,24,32,34H,1-3H3. The molecule has 1 unspecified atom stereocenters. The highest BCUT2D eigenvalue weighted by molar-refractivity contribution is 6.32. The number of phenols is 1. The summed E-state index contributed by atoms with van der Waals surface area (Å²) in [5.74, 6) is -2.08. The number of anilines is 1. The minimum absolute atomic E-state index is 0.0339. The Hall–Kier alpha value is -3.94. The van der Waals surface area contributed by atoms with Crippen LogP contribution in [0.4, 0.5) is 5.69 Å².